The van der Waals surface area contributed by atoms with Crippen LogP contribution in [0, 0.1) is 11.3 Å². The van der Waals surface area contributed by atoms with Crippen LogP contribution in [0.15, 0.2) is 69.9 Å². The van der Waals surface area contributed by atoms with E-state index in [9.17, 15) is 10.1 Å². The highest BCUT2D eigenvalue weighted by Gasteiger charge is 2.11. The molecule has 130 valence electrons. The molecule has 6 heteroatoms. The van der Waals surface area contributed by atoms with Crippen LogP contribution >= 0.6 is 11.6 Å². The maximum absolute atomic E-state index is 12.2. The maximum atomic E-state index is 12.2. The lowest BCUT2D eigenvalue weighted by Crippen LogP contribution is -2.11. The van der Waals surface area contributed by atoms with Crippen molar-refractivity contribution in [3.63, 3.8) is 0 Å². The molecule has 1 N–H and O–H groups in total. The number of hydrogen-bond acceptors (Lipinski definition) is 4. The van der Waals surface area contributed by atoms with E-state index in [-0.39, 0.29) is 17.0 Å². The number of aromatic nitrogens is 2. The molecule has 0 unspecified atom stereocenters. The molecule has 4 rings (SSSR count). The standard InChI is InChI=1S/C21H12ClN3O2/c22-17-7-3-1-5-15(17)19-10-9-14(27-19)11-13(12-23)20-24-18-8-4-2-6-16(18)21(26)25-20/h1-11H,(H,24,25,26). The van der Waals surface area contributed by atoms with Crippen molar-refractivity contribution in [3.05, 3.63) is 87.6 Å². The normalized spacial score (nSPS) is 11.5. The van der Waals surface area contributed by atoms with Gasteiger partial charge in [-0.1, -0.05) is 35.9 Å². The van der Waals surface area contributed by atoms with Gasteiger partial charge in [-0.2, -0.15) is 5.26 Å². The number of nitriles is 1. The molecule has 0 saturated carbocycles. The second kappa shape index (κ2) is 6.94. The zero-order chi connectivity index (χ0) is 18.8. The molecular formula is C21H12ClN3O2. The summed E-state index contributed by atoms with van der Waals surface area (Å²) in [6, 6.07) is 19.9. The number of benzene rings is 2. The molecule has 0 aliphatic heterocycles. The third-order valence-corrected chi connectivity index (χ3v) is 4.37. The van der Waals surface area contributed by atoms with E-state index in [4.69, 9.17) is 16.0 Å². The summed E-state index contributed by atoms with van der Waals surface area (Å²) in [5.74, 6) is 1.23. The minimum absolute atomic E-state index is 0.192. The van der Waals surface area contributed by atoms with Crippen molar-refractivity contribution in [1.82, 2.24) is 9.97 Å². The Bertz CT molecular complexity index is 1280. The van der Waals surface area contributed by atoms with Gasteiger partial charge in [-0.15, -0.1) is 0 Å². The van der Waals surface area contributed by atoms with E-state index in [1.165, 1.54) is 6.08 Å². The fraction of sp³-hybridized carbons (Fsp3) is 0. The SMILES string of the molecule is N#CC(=Cc1ccc(-c2ccccc2Cl)o1)c1nc2ccccc2c(=O)[nH]1. The second-order valence-corrected chi connectivity index (χ2v) is 6.19. The Balaban J connectivity index is 1.76. The highest BCUT2D eigenvalue weighted by molar-refractivity contribution is 6.33. The summed E-state index contributed by atoms with van der Waals surface area (Å²) in [6.07, 6.45) is 1.54. The number of furan rings is 1. The third-order valence-electron chi connectivity index (χ3n) is 4.04. The van der Waals surface area contributed by atoms with Crippen molar-refractivity contribution < 1.29 is 4.42 Å². The Hall–Kier alpha value is -3.62. The van der Waals surface area contributed by atoms with Crippen LogP contribution in [0.2, 0.25) is 5.02 Å². The van der Waals surface area contributed by atoms with Gasteiger partial charge in [0.25, 0.3) is 5.56 Å². The predicted octanol–water partition coefficient (Wildman–Crippen LogP) is 4.90. The molecule has 2 aromatic heterocycles. The first-order chi connectivity index (χ1) is 13.2. The molecule has 0 atom stereocenters. The van der Waals surface area contributed by atoms with Gasteiger partial charge in [-0.05, 0) is 36.4 Å². The van der Waals surface area contributed by atoms with Crippen molar-refractivity contribution >= 4 is 34.2 Å². The Kier molecular flexibility index (Phi) is 4.33. The van der Waals surface area contributed by atoms with Crippen molar-refractivity contribution in [2.75, 3.05) is 0 Å². The molecule has 4 aromatic rings. The van der Waals surface area contributed by atoms with Gasteiger partial charge < -0.3 is 9.40 Å². The van der Waals surface area contributed by atoms with Crippen LogP contribution < -0.4 is 5.56 Å². The minimum Gasteiger partial charge on any atom is -0.457 e. The highest BCUT2D eigenvalue weighted by atomic mass is 35.5. The molecule has 0 saturated heterocycles. The molecule has 0 radical (unpaired) electrons. The molecule has 0 spiro atoms. The van der Waals surface area contributed by atoms with Crippen LogP contribution in [0.3, 0.4) is 0 Å². The fourth-order valence-electron chi connectivity index (χ4n) is 2.75. The van der Waals surface area contributed by atoms with Gasteiger partial charge in [-0.25, -0.2) is 4.98 Å². The number of aromatic amines is 1. The Morgan fingerprint density at radius 2 is 1.89 bits per heavy atom. The van der Waals surface area contributed by atoms with Crippen LogP contribution in [0.4, 0.5) is 0 Å². The number of allylic oxidation sites excluding steroid dienone is 1. The Morgan fingerprint density at radius 3 is 2.70 bits per heavy atom. The smallest absolute Gasteiger partial charge is 0.259 e. The van der Waals surface area contributed by atoms with Crippen molar-refractivity contribution in [2.24, 2.45) is 0 Å². The number of hydrogen-bond donors (Lipinski definition) is 1. The quantitative estimate of drug-likeness (QED) is 0.518. The fourth-order valence-corrected chi connectivity index (χ4v) is 2.97. The predicted molar refractivity (Wildman–Crippen MR) is 105 cm³/mol. The number of fused-ring (bicyclic) bond motifs is 1. The average Bonchev–Trinajstić information content (AvgIpc) is 3.15. The van der Waals surface area contributed by atoms with Crippen LogP contribution in [0.25, 0.3) is 33.9 Å². The molecule has 0 aliphatic carbocycles. The lowest BCUT2D eigenvalue weighted by Gasteiger charge is -2.01. The van der Waals surface area contributed by atoms with Crippen LogP contribution in [-0.4, -0.2) is 9.97 Å². The lowest BCUT2D eigenvalue weighted by atomic mass is 10.2. The zero-order valence-corrected chi connectivity index (χ0v) is 14.7. The molecule has 0 fully saturated rings. The average molecular weight is 374 g/mol. The first kappa shape index (κ1) is 16.8. The minimum atomic E-state index is -0.298. The van der Waals surface area contributed by atoms with Gasteiger partial charge in [0, 0.05) is 11.6 Å². The lowest BCUT2D eigenvalue weighted by molar-refractivity contribution is 0.572. The summed E-state index contributed by atoms with van der Waals surface area (Å²) in [5, 5.41) is 10.6. The van der Waals surface area contributed by atoms with Crippen LogP contribution in [0.5, 0.6) is 0 Å². The largest absolute Gasteiger partial charge is 0.457 e. The van der Waals surface area contributed by atoms with E-state index in [1.807, 2.05) is 18.2 Å². The number of nitrogens with one attached hydrogen (secondary N) is 1. The summed E-state index contributed by atoms with van der Waals surface area (Å²) in [4.78, 5) is 19.3. The van der Waals surface area contributed by atoms with Crippen LogP contribution in [0.1, 0.15) is 11.6 Å². The zero-order valence-electron chi connectivity index (χ0n) is 13.9. The van der Waals surface area contributed by atoms with Gasteiger partial charge in [-0.3, -0.25) is 4.79 Å². The molecule has 0 amide bonds. The Labute approximate surface area is 159 Å². The van der Waals surface area contributed by atoms with Crippen molar-refractivity contribution in [2.45, 2.75) is 0 Å². The van der Waals surface area contributed by atoms with E-state index in [1.54, 1.807) is 42.5 Å². The van der Waals surface area contributed by atoms with E-state index in [0.717, 1.165) is 5.56 Å². The number of H-pyrrole nitrogens is 1. The maximum Gasteiger partial charge on any atom is 0.259 e. The summed E-state index contributed by atoms with van der Waals surface area (Å²) in [7, 11) is 0. The van der Waals surface area contributed by atoms with E-state index in [2.05, 4.69) is 16.0 Å². The van der Waals surface area contributed by atoms with E-state index in [0.29, 0.717) is 27.4 Å². The third kappa shape index (κ3) is 3.26. The summed E-state index contributed by atoms with van der Waals surface area (Å²) in [6.45, 7) is 0. The number of halogens is 1. The molecule has 27 heavy (non-hydrogen) atoms. The monoisotopic (exact) mass is 373 g/mol. The van der Waals surface area contributed by atoms with Gasteiger partial charge in [0.05, 0.1) is 21.5 Å². The molecule has 5 nitrogen and oxygen atoms in total. The summed E-state index contributed by atoms with van der Waals surface area (Å²) < 4.78 is 5.79. The summed E-state index contributed by atoms with van der Waals surface area (Å²) >= 11 is 6.19. The van der Waals surface area contributed by atoms with E-state index < -0.39 is 0 Å². The van der Waals surface area contributed by atoms with Gasteiger partial charge >= 0.3 is 0 Å². The highest BCUT2D eigenvalue weighted by Crippen LogP contribution is 2.30. The molecule has 0 bridgehead atoms. The van der Waals surface area contributed by atoms with Gasteiger partial charge in [0.2, 0.25) is 0 Å². The first-order valence-corrected chi connectivity index (χ1v) is 8.49. The van der Waals surface area contributed by atoms with Crippen molar-refractivity contribution in [3.8, 4) is 17.4 Å². The number of rotatable bonds is 3. The van der Waals surface area contributed by atoms with E-state index >= 15 is 0 Å². The molecule has 0 aliphatic rings. The topological polar surface area (TPSA) is 82.7 Å². The number of nitrogens with zero attached hydrogens (tertiary/aromatic N) is 2. The van der Waals surface area contributed by atoms with Gasteiger partial charge in [0.1, 0.15) is 17.6 Å². The molecule has 2 heterocycles. The first-order valence-electron chi connectivity index (χ1n) is 8.11. The van der Waals surface area contributed by atoms with Crippen molar-refractivity contribution in [1.29, 1.82) is 5.26 Å². The summed E-state index contributed by atoms with van der Waals surface area (Å²) in [5.41, 5.74) is 1.18. The Morgan fingerprint density at radius 1 is 1.11 bits per heavy atom. The molecule has 2 aromatic carbocycles. The molecular weight excluding hydrogens is 362 g/mol. The number of para-hydroxylation sites is 1. The van der Waals surface area contributed by atoms with Crippen LogP contribution in [-0.2, 0) is 0 Å². The van der Waals surface area contributed by atoms with Gasteiger partial charge in [0.15, 0.2) is 5.82 Å². The second-order valence-electron chi connectivity index (χ2n) is 5.78.